The molecule has 26 heavy (non-hydrogen) atoms. The third-order valence-electron chi connectivity index (χ3n) is 4.06. The number of rotatable bonds is 4. The number of aromatic nitrogens is 5. The fourth-order valence-electron chi connectivity index (χ4n) is 2.61. The van der Waals surface area contributed by atoms with Crippen molar-refractivity contribution in [3.63, 3.8) is 0 Å². The molecule has 10 heteroatoms. The number of hydrogen-bond acceptors (Lipinski definition) is 6. The number of nitrogens with one attached hydrogen (secondary N) is 1. The maximum absolute atomic E-state index is 13.2. The van der Waals surface area contributed by atoms with E-state index in [-0.39, 0.29) is 17.5 Å². The number of anilines is 2. The molecule has 4 rings (SSSR count). The van der Waals surface area contributed by atoms with Gasteiger partial charge in [0.2, 0.25) is 5.91 Å². The predicted octanol–water partition coefficient (Wildman–Crippen LogP) is 1.41. The van der Waals surface area contributed by atoms with E-state index in [1.165, 1.54) is 29.7 Å². The van der Waals surface area contributed by atoms with Crippen LogP contribution in [0.1, 0.15) is 0 Å². The van der Waals surface area contributed by atoms with Crippen molar-refractivity contribution in [1.29, 1.82) is 0 Å². The third kappa shape index (κ3) is 3.08. The zero-order valence-corrected chi connectivity index (χ0v) is 13.4. The molecule has 1 aliphatic heterocycles. The van der Waals surface area contributed by atoms with Gasteiger partial charge in [0, 0.05) is 30.9 Å². The number of carbonyl (C=O) groups excluding carboxylic acids is 1. The molecule has 3 aromatic rings. The van der Waals surface area contributed by atoms with Gasteiger partial charge >= 0.3 is 0 Å². The minimum atomic E-state index is -1.00. The van der Waals surface area contributed by atoms with E-state index in [0.717, 1.165) is 12.1 Å². The van der Waals surface area contributed by atoms with Crippen LogP contribution in [0.4, 0.5) is 20.3 Å². The lowest BCUT2D eigenvalue weighted by molar-refractivity contribution is -0.120. The van der Waals surface area contributed by atoms with Gasteiger partial charge in [0.05, 0.1) is 5.92 Å². The number of hydrogen-bond donors (Lipinski definition) is 1. The SMILES string of the molecule is O=C(Nc1ccc(F)c(F)c1)C1CN(c2cc(-n3cncn3)ncn2)C1. The largest absolute Gasteiger partial charge is 0.355 e. The number of amides is 1. The molecule has 0 bridgehead atoms. The maximum atomic E-state index is 13.2. The van der Waals surface area contributed by atoms with Gasteiger partial charge in [0.25, 0.3) is 0 Å². The first kappa shape index (κ1) is 16.1. The lowest BCUT2D eigenvalue weighted by Gasteiger charge is -2.39. The van der Waals surface area contributed by atoms with Crippen molar-refractivity contribution in [2.45, 2.75) is 0 Å². The average Bonchev–Trinajstić information content (AvgIpc) is 3.12. The maximum Gasteiger partial charge on any atom is 0.231 e. The van der Waals surface area contributed by atoms with Crippen molar-refractivity contribution >= 4 is 17.4 Å². The summed E-state index contributed by atoms with van der Waals surface area (Å²) >= 11 is 0. The molecule has 1 N–H and O–H groups in total. The van der Waals surface area contributed by atoms with Crippen molar-refractivity contribution in [2.24, 2.45) is 5.92 Å². The van der Waals surface area contributed by atoms with Gasteiger partial charge in [-0.3, -0.25) is 4.79 Å². The highest BCUT2D eigenvalue weighted by atomic mass is 19.2. The molecule has 0 spiro atoms. The number of carbonyl (C=O) groups is 1. The van der Waals surface area contributed by atoms with Crippen LogP contribution in [0, 0.1) is 17.6 Å². The van der Waals surface area contributed by atoms with Gasteiger partial charge in [-0.15, -0.1) is 0 Å². The highest BCUT2D eigenvalue weighted by molar-refractivity contribution is 5.94. The molecule has 0 saturated carbocycles. The van der Waals surface area contributed by atoms with E-state index in [0.29, 0.717) is 24.7 Å². The Bertz CT molecular complexity index is 942. The summed E-state index contributed by atoms with van der Waals surface area (Å²) < 4.78 is 27.6. The molecule has 1 amide bonds. The Morgan fingerprint density at radius 3 is 2.62 bits per heavy atom. The van der Waals surface area contributed by atoms with Gasteiger partial charge in [-0.1, -0.05) is 0 Å². The quantitative estimate of drug-likeness (QED) is 0.760. The highest BCUT2D eigenvalue weighted by Gasteiger charge is 2.33. The standard InChI is InChI=1S/C16H13F2N7O/c17-12-2-1-11(3-13(12)18)23-16(26)10-5-24(6-10)14-4-15(21-8-20-14)25-9-19-7-22-25/h1-4,7-10H,5-6H2,(H,23,26). The summed E-state index contributed by atoms with van der Waals surface area (Å²) in [6, 6.07) is 5.00. The van der Waals surface area contributed by atoms with Gasteiger partial charge in [-0.05, 0) is 12.1 Å². The van der Waals surface area contributed by atoms with Crippen LogP contribution in [-0.2, 0) is 4.79 Å². The van der Waals surface area contributed by atoms with Crippen LogP contribution in [0.2, 0.25) is 0 Å². The van der Waals surface area contributed by atoms with E-state index < -0.39 is 11.6 Å². The minimum absolute atomic E-state index is 0.225. The summed E-state index contributed by atoms with van der Waals surface area (Å²) in [6.45, 7) is 0.923. The summed E-state index contributed by atoms with van der Waals surface area (Å²) in [4.78, 5) is 26.3. The van der Waals surface area contributed by atoms with Crippen LogP contribution >= 0.6 is 0 Å². The molecule has 132 valence electrons. The summed E-state index contributed by atoms with van der Waals surface area (Å²) in [7, 11) is 0. The van der Waals surface area contributed by atoms with Gasteiger partial charge < -0.3 is 10.2 Å². The Morgan fingerprint density at radius 2 is 1.88 bits per heavy atom. The van der Waals surface area contributed by atoms with Gasteiger partial charge in [-0.25, -0.2) is 28.4 Å². The number of benzene rings is 1. The Labute approximate surface area is 146 Å². The lowest BCUT2D eigenvalue weighted by atomic mass is 9.99. The normalized spacial score (nSPS) is 14.2. The fraction of sp³-hybridized carbons (Fsp3) is 0.188. The molecule has 1 aromatic carbocycles. The van der Waals surface area contributed by atoms with Crippen LogP contribution in [0.3, 0.4) is 0 Å². The molecular weight excluding hydrogens is 344 g/mol. The van der Waals surface area contributed by atoms with Gasteiger partial charge in [0.15, 0.2) is 17.5 Å². The van der Waals surface area contributed by atoms with E-state index in [9.17, 15) is 13.6 Å². The summed E-state index contributed by atoms with van der Waals surface area (Å²) in [6.07, 6.45) is 4.35. The lowest BCUT2D eigenvalue weighted by Crippen LogP contribution is -2.52. The average molecular weight is 357 g/mol. The van der Waals surface area contributed by atoms with Crippen LogP contribution in [0.25, 0.3) is 5.82 Å². The zero-order valence-electron chi connectivity index (χ0n) is 13.4. The second-order valence-corrected chi connectivity index (χ2v) is 5.79. The second-order valence-electron chi connectivity index (χ2n) is 5.79. The van der Waals surface area contributed by atoms with Crippen LogP contribution in [0.15, 0.2) is 43.2 Å². The highest BCUT2D eigenvalue weighted by Crippen LogP contribution is 2.25. The Kier molecular flexibility index (Phi) is 3.99. The predicted molar refractivity (Wildman–Crippen MR) is 87.6 cm³/mol. The summed E-state index contributed by atoms with van der Waals surface area (Å²) in [5.74, 6) is -1.24. The first-order chi connectivity index (χ1) is 12.6. The van der Waals surface area contributed by atoms with E-state index in [2.05, 4.69) is 25.4 Å². The molecule has 8 nitrogen and oxygen atoms in total. The zero-order chi connectivity index (χ0) is 18.1. The molecular formula is C16H13F2N7O. The van der Waals surface area contributed by atoms with Gasteiger partial charge in [-0.2, -0.15) is 5.10 Å². The molecule has 1 saturated heterocycles. The van der Waals surface area contributed by atoms with Crippen molar-refractivity contribution in [3.05, 3.63) is 54.9 Å². The molecule has 1 fully saturated rings. The first-order valence-corrected chi connectivity index (χ1v) is 7.78. The van der Waals surface area contributed by atoms with Crippen LogP contribution < -0.4 is 10.2 Å². The number of nitrogens with zero attached hydrogens (tertiary/aromatic N) is 6. The second kappa shape index (κ2) is 6.47. The molecule has 0 unspecified atom stereocenters. The van der Waals surface area contributed by atoms with Gasteiger partial charge in [0.1, 0.15) is 24.8 Å². The van der Waals surface area contributed by atoms with Crippen molar-refractivity contribution in [2.75, 3.05) is 23.3 Å². The Balaban J connectivity index is 1.38. The Morgan fingerprint density at radius 1 is 1.08 bits per heavy atom. The number of halogens is 2. The summed E-state index contributed by atoms with van der Waals surface area (Å²) in [5, 5.41) is 6.60. The molecule has 0 aliphatic carbocycles. The topological polar surface area (TPSA) is 88.8 Å². The van der Waals surface area contributed by atoms with Crippen LogP contribution in [-0.4, -0.2) is 43.7 Å². The minimum Gasteiger partial charge on any atom is -0.355 e. The van der Waals surface area contributed by atoms with E-state index >= 15 is 0 Å². The van der Waals surface area contributed by atoms with Crippen molar-refractivity contribution < 1.29 is 13.6 Å². The molecule has 1 aliphatic rings. The first-order valence-electron chi connectivity index (χ1n) is 7.78. The van der Waals surface area contributed by atoms with E-state index in [1.54, 1.807) is 6.07 Å². The molecule has 0 radical (unpaired) electrons. The fourth-order valence-corrected chi connectivity index (χ4v) is 2.61. The van der Waals surface area contributed by atoms with Crippen molar-refractivity contribution in [3.8, 4) is 5.82 Å². The molecule has 3 heterocycles. The Hall–Kier alpha value is -3.43. The van der Waals surface area contributed by atoms with Crippen LogP contribution in [0.5, 0.6) is 0 Å². The smallest absolute Gasteiger partial charge is 0.231 e. The van der Waals surface area contributed by atoms with Crippen molar-refractivity contribution in [1.82, 2.24) is 24.7 Å². The third-order valence-corrected chi connectivity index (χ3v) is 4.06. The monoisotopic (exact) mass is 357 g/mol. The summed E-state index contributed by atoms with van der Waals surface area (Å²) in [5.41, 5.74) is 0.225. The molecule has 0 atom stereocenters. The van der Waals surface area contributed by atoms with E-state index in [1.807, 2.05) is 4.90 Å². The van der Waals surface area contributed by atoms with E-state index in [4.69, 9.17) is 0 Å². The molecule has 2 aromatic heterocycles.